The zero-order valence-electron chi connectivity index (χ0n) is 8.73. The molecule has 0 aliphatic rings. The minimum absolute atomic E-state index is 0.302. The molecule has 78 valence electrons. The van der Waals surface area contributed by atoms with Gasteiger partial charge in [0.15, 0.2) is 0 Å². The van der Waals surface area contributed by atoms with E-state index in [1.807, 2.05) is 19.9 Å². The summed E-state index contributed by atoms with van der Waals surface area (Å²) in [7, 11) is 0. The van der Waals surface area contributed by atoms with E-state index in [1.165, 1.54) is 0 Å². The maximum Gasteiger partial charge on any atom is 0.115 e. The van der Waals surface area contributed by atoms with E-state index >= 15 is 0 Å². The number of hydrogen-bond donors (Lipinski definition) is 1. The van der Waals surface area contributed by atoms with Gasteiger partial charge in [-0.3, -0.25) is 0 Å². The molecule has 0 fully saturated rings. The van der Waals surface area contributed by atoms with E-state index < -0.39 is 0 Å². The minimum atomic E-state index is 0.302. The molecule has 0 unspecified atom stereocenters. The van der Waals surface area contributed by atoms with Crippen molar-refractivity contribution in [3.05, 3.63) is 24.3 Å². The van der Waals surface area contributed by atoms with Gasteiger partial charge in [0.05, 0.1) is 18.4 Å². The first-order valence-electron chi connectivity index (χ1n) is 4.86. The summed E-state index contributed by atoms with van der Waals surface area (Å²) in [6.45, 7) is 6.42. The van der Waals surface area contributed by atoms with Gasteiger partial charge in [0.2, 0.25) is 0 Å². The molecule has 1 rings (SSSR count). The van der Waals surface area contributed by atoms with Crippen molar-refractivity contribution >= 4 is 0 Å². The zero-order valence-corrected chi connectivity index (χ0v) is 8.73. The van der Waals surface area contributed by atoms with Crippen LogP contribution in [0.5, 0.6) is 0 Å². The number of ether oxygens (including phenoxy) is 1. The standard InChI is InChI=1S/C10H17N3O/c1-9(2)14-6-5-11-7-10-3-4-12-8-13-10/h3-4,8-9,11H,5-7H2,1-2H3. The van der Waals surface area contributed by atoms with Gasteiger partial charge in [-0.1, -0.05) is 0 Å². The summed E-state index contributed by atoms with van der Waals surface area (Å²) in [4.78, 5) is 7.95. The highest BCUT2D eigenvalue weighted by molar-refractivity contribution is 4.96. The van der Waals surface area contributed by atoms with Gasteiger partial charge in [-0.25, -0.2) is 9.97 Å². The van der Waals surface area contributed by atoms with Crippen molar-refractivity contribution in [1.29, 1.82) is 0 Å². The molecular weight excluding hydrogens is 178 g/mol. The average molecular weight is 195 g/mol. The van der Waals surface area contributed by atoms with Crippen molar-refractivity contribution < 1.29 is 4.74 Å². The van der Waals surface area contributed by atoms with Crippen molar-refractivity contribution in [2.24, 2.45) is 0 Å². The summed E-state index contributed by atoms with van der Waals surface area (Å²) < 4.78 is 5.38. The summed E-state index contributed by atoms with van der Waals surface area (Å²) in [5.74, 6) is 0. The fourth-order valence-corrected chi connectivity index (χ4v) is 1.01. The second kappa shape index (κ2) is 6.45. The summed E-state index contributed by atoms with van der Waals surface area (Å²) in [5, 5.41) is 3.24. The second-order valence-electron chi connectivity index (χ2n) is 3.30. The van der Waals surface area contributed by atoms with E-state index in [0.29, 0.717) is 6.10 Å². The Morgan fingerprint density at radius 1 is 1.50 bits per heavy atom. The molecule has 0 saturated heterocycles. The number of nitrogens with zero attached hydrogens (tertiary/aromatic N) is 2. The van der Waals surface area contributed by atoms with Gasteiger partial charge < -0.3 is 10.1 Å². The molecule has 0 bridgehead atoms. The molecule has 1 aromatic heterocycles. The first-order chi connectivity index (χ1) is 6.79. The van der Waals surface area contributed by atoms with Gasteiger partial charge in [0, 0.05) is 19.3 Å². The van der Waals surface area contributed by atoms with Crippen molar-refractivity contribution in [2.45, 2.75) is 26.5 Å². The van der Waals surface area contributed by atoms with Gasteiger partial charge in [0.1, 0.15) is 6.33 Å². The average Bonchev–Trinajstić information content (AvgIpc) is 2.18. The third kappa shape index (κ3) is 4.89. The van der Waals surface area contributed by atoms with Crippen LogP contribution >= 0.6 is 0 Å². The fourth-order valence-electron chi connectivity index (χ4n) is 1.01. The largest absolute Gasteiger partial charge is 0.377 e. The summed E-state index contributed by atoms with van der Waals surface area (Å²) in [5.41, 5.74) is 1.00. The topological polar surface area (TPSA) is 47.0 Å². The highest BCUT2D eigenvalue weighted by Gasteiger charge is 1.94. The van der Waals surface area contributed by atoms with Crippen LogP contribution < -0.4 is 5.32 Å². The summed E-state index contributed by atoms with van der Waals surface area (Å²) in [6.07, 6.45) is 3.60. The highest BCUT2D eigenvalue weighted by Crippen LogP contribution is 1.89. The van der Waals surface area contributed by atoms with E-state index in [1.54, 1.807) is 12.5 Å². The molecule has 4 nitrogen and oxygen atoms in total. The lowest BCUT2D eigenvalue weighted by atomic mass is 10.4. The van der Waals surface area contributed by atoms with Crippen LogP contribution in [-0.4, -0.2) is 29.2 Å². The van der Waals surface area contributed by atoms with Crippen LogP contribution in [0.15, 0.2) is 18.6 Å². The Morgan fingerprint density at radius 2 is 2.36 bits per heavy atom. The van der Waals surface area contributed by atoms with Gasteiger partial charge >= 0.3 is 0 Å². The second-order valence-corrected chi connectivity index (χ2v) is 3.30. The maximum absolute atomic E-state index is 5.38. The molecule has 14 heavy (non-hydrogen) atoms. The first-order valence-corrected chi connectivity index (χ1v) is 4.86. The molecule has 0 saturated carbocycles. The molecule has 0 aliphatic heterocycles. The van der Waals surface area contributed by atoms with Crippen LogP contribution in [0.1, 0.15) is 19.5 Å². The molecule has 4 heteroatoms. The quantitative estimate of drug-likeness (QED) is 0.688. The molecule has 0 atom stereocenters. The van der Waals surface area contributed by atoms with E-state index in [-0.39, 0.29) is 0 Å². The predicted molar refractivity (Wildman–Crippen MR) is 54.8 cm³/mol. The molecule has 1 N–H and O–H groups in total. The van der Waals surface area contributed by atoms with Crippen molar-refractivity contribution in [2.75, 3.05) is 13.2 Å². The molecule has 0 aliphatic carbocycles. The minimum Gasteiger partial charge on any atom is -0.377 e. The Bertz CT molecular complexity index is 238. The Hall–Kier alpha value is -1.00. The Morgan fingerprint density at radius 3 is 3.00 bits per heavy atom. The van der Waals surface area contributed by atoms with Crippen LogP contribution in [0.25, 0.3) is 0 Å². The van der Waals surface area contributed by atoms with Crippen molar-refractivity contribution in [3.8, 4) is 0 Å². The van der Waals surface area contributed by atoms with E-state index in [4.69, 9.17) is 4.74 Å². The molecule has 1 aromatic rings. The van der Waals surface area contributed by atoms with Crippen LogP contribution in [0, 0.1) is 0 Å². The lowest BCUT2D eigenvalue weighted by Gasteiger charge is -2.07. The van der Waals surface area contributed by atoms with Crippen molar-refractivity contribution in [3.63, 3.8) is 0 Å². The van der Waals surface area contributed by atoms with Gasteiger partial charge in [-0.2, -0.15) is 0 Å². The molecule has 1 heterocycles. The number of nitrogens with one attached hydrogen (secondary N) is 1. The van der Waals surface area contributed by atoms with Crippen LogP contribution in [0.2, 0.25) is 0 Å². The Labute approximate surface area is 84.7 Å². The lowest BCUT2D eigenvalue weighted by Crippen LogP contribution is -2.21. The van der Waals surface area contributed by atoms with Crippen molar-refractivity contribution in [1.82, 2.24) is 15.3 Å². The first kappa shape index (κ1) is 11.1. The fraction of sp³-hybridized carbons (Fsp3) is 0.600. The van der Waals surface area contributed by atoms with E-state index in [2.05, 4.69) is 15.3 Å². The predicted octanol–water partition coefficient (Wildman–Crippen LogP) is 0.991. The summed E-state index contributed by atoms with van der Waals surface area (Å²) in [6, 6.07) is 1.90. The third-order valence-electron chi connectivity index (χ3n) is 1.68. The number of rotatable bonds is 6. The SMILES string of the molecule is CC(C)OCCNCc1ccncn1. The molecule has 0 spiro atoms. The third-order valence-corrected chi connectivity index (χ3v) is 1.68. The number of aromatic nitrogens is 2. The lowest BCUT2D eigenvalue weighted by molar-refractivity contribution is 0.0806. The van der Waals surface area contributed by atoms with Gasteiger partial charge in [0.25, 0.3) is 0 Å². The van der Waals surface area contributed by atoms with E-state index in [9.17, 15) is 0 Å². The maximum atomic E-state index is 5.38. The summed E-state index contributed by atoms with van der Waals surface area (Å²) >= 11 is 0. The zero-order chi connectivity index (χ0) is 10.2. The molecule has 0 radical (unpaired) electrons. The Kier molecular flexibility index (Phi) is 5.11. The smallest absolute Gasteiger partial charge is 0.115 e. The highest BCUT2D eigenvalue weighted by atomic mass is 16.5. The van der Waals surface area contributed by atoms with Crippen LogP contribution in [0.4, 0.5) is 0 Å². The molecule has 0 amide bonds. The van der Waals surface area contributed by atoms with Crippen LogP contribution in [0.3, 0.4) is 0 Å². The van der Waals surface area contributed by atoms with Crippen LogP contribution in [-0.2, 0) is 11.3 Å². The van der Waals surface area contributed by atoms with Gasteiger partial charge in [-0.05, 0) is 19.9 Å². The Balaban J connectivity index is 2.05. The van der Waals surface area contributed by atoms with E-state index in [0.717, 1.165) is 25.4 Å². The molecule has 0 aromatic carbocycles. The normalized spacial score (nSPS) is 10.8. The number of hydrogen-bond acceptors (Lipinski definition) is 4. The molecular formula is C10H17N3O. The monoisotopic (exact) mass is 195 g/mol. The van der Waals surface area contributed by atoms with Gasteiger partial charge in [-0.15, -0.1) is 0 Å².